The number of benzene rings is 2. The van der Waals surface area contributed by atoms with E-state index in [9.17, 15) is 0 Å². The summed E-state index contributed by atoms with van der Waals surface area (Å²) in [5.41, 5.74) is 6.90. The zero-order valence-electron chi connectivity index (χ0n) is 14.3. The Kier molecular flexibility index (Phi) is 3.69. The van der Waals surface area contributed by atoms with Crippen molar-refractivity contribution in [2.24, 2.45) is 0 Å². The van der Waals surface area contributed by atoms with Crippen LogP contribution in [0.5, 0.6) is 11.5 Å². The van der Waals surface area contributed by atoms with Gasteiger partial charge in [-0.05, 0) is 35.7 Å². The fourth-order valence-electron chi connectivity index (χ4n) is 3.52. The van der Waals surface area contributed by atoms with E-state index in [1.165, 1.54) is 10.4 Å². The summed E-state index contributed by atoms with van der Waals surface area (Å²) < 4.78 is 11.7. The number of ether oxygens (including phenoxy) is 2. The molecule has 0 saturated heterocycles. The molecule has 3 heterocycles. The van der Waals surface area contributed by atoms with Crippen LogP contribution in [0.1, 0.15) is 28.3 Å². The average molecular weight is 362 g/mol. The minimum Gasteiger partial charge on any atom is -0.497 e. The second kappa shape index (κ2) is 6.20. The van der Waals surface area contributed by atoms with Crippen molar-refractivity contribution in [2.45, 2.75) is 12.3 Å². The van der Waals surface area contributed by atoms with Crippen molar-refractivity contribution in [2.75, 3.05) is 7.11 Å². The van der Waals surface area contributed by atoms with Gasteiger partial charge in [0.25, 0.3) is 0 Å². The van der Waals surface area contributed by atoms with Crippen LogP contribution in [0.3, 0.4) is 0 Å². The van der Waals surface area contributed by atoms with E-state index in [0.717, 1.165) is 22.8 Å². The molecular weight excluding hydrogens is 344 g/mol. The molecule has 0 radical (unpaired) electrons. The van der Waals surface area contributed by atoms with E-state index in [1.807, 2.05) is 30.3 Å². The molecule has 0 spiro atoms. The topological polar surface area (TPSA) is 33.7 Å². The van der Waals surface area contributed by atoms with Crippen molar-refractivity contribution in [3.63, 3.8) is 0 Å². The van der Waals surface area contributed by atoms with Crippen LogP contribution in [0.15, 0.2) is 72.1 Å². The molecule has 1 N–H and O–H groups in total. The number of hydrogen-bond acceptors (Lipinski definition) is 5. The Morgan fingerprint density at radius 3 is 2.85 bits per heavy atom. The van der Waals surface area contributed by atoms with E-state index < -0.39 is 0 Å². The number of hydrazine groups is 1. The number of methoxy groups -OCH3 is 1. The van der Waals surface area contributed by atoms with Gasteiger partial charge in [0.1, 0.15) is 11.5 Å². The standard InChI is InChI=1S/C21H18N2O2S/c1-24-15-7-4-6-14(12-15)17-13-18-16-8-2-3-9-19(16)25-21(23(18)22-17)20-10-5-11-26-20/h2-13,18,21-22H,1H3/t18-,21+/m1/s1. The minimum atomic E-state index is -0.158. The van der Waals surface area contributed by atoms with Crippen LogP contribution in [-0.2, 0) is 0 Å². The maximum atomic E-state index is 6.34. The highest BCUT2D eigenvalue weighted by Crippen LogP contribution is 2.46. The third-order valence-corrected chi connectivity index (χ3v) is 5.67. The zero-order valence-corrected chi connectivity index (χ0v) is 15.1. The van der Waals surface area contributed by atoms with Crippen molar-refractivity contribution in [3.05, 3.63) is 88.1 Å². The predicted molar refractivity (Wildman–Crippen MR) is 103 cm³/mol. The molecule has 3 aromatic rings. The van der Waals surface area contributed by atoms with Gasteiger partial charge in [0.2, 0.25) is 6.23 Å². The Morgan fingerprint density at radius 2 is 2.00 bits per heavy atom. The maximum absolute atomic E-state index is 6.34. The molecule has 2 aliphatic heterocycles. The highest BCUT2D eigenvalue weighted by molar-refractivity contribution is 7.10. The van der Waals surface area contributed by atoms with Crippen LogP contribution in [0, 0.1) is 0 Å². The molecule has 1 aromatic heterocycles. The molecule has 2 aromatic carbocycles. The van der Waals surface area contributed by atoms with Crippen LogP contribution in [0.4, 0.5) is 0 Å². The number of nitrogens with zero attached hydrogens (tertiary/aromatic N) is 1. The summed E-state index contributed by atoms with van der Waals surface area (Å²) in [7, 11) is 1.69. The summed E-state index contributed by atoms with van der Waals surface area (Å²) >= 11 is 1.71. The van der Waals surface area contributed by atoms with Gasteiger partial charge in [-0.25, -0.2) is 0 Å². The van der Waals surface area contributed by atoms with Crippen LogP contribution >= 0.6 is 11.3 Å². The lowest BCUT2D eigenvalue weighted by molar-refractivity contribution is -0.0302. The lowest BCUT2D eigenvalue weighted by Crippen LogP contribution is -2.42. The summed E-state index contributed by atoms with van der Waals surface area (Å²) in [6.45, 7) is 0. The van der Waals surface area contributed by atoms with E-state index in [1.54, 1.807) is 18.4 Å². The lowest BCUT2D eigenvalue weighted by atomic mass is 10.0. The van der Waals surface area contributed by atoms with Crippen LogP contribution in [-0.4, -0.2) is 12.1 Å². The van der Waals surface area contributed by atoms with Gasteiger partial charge in [-0.1, -0.05) is 36.4 Å². The number of fused-ring (bicyclic) bond motifs is 3. The Hall–Kier alpha value is -2.76. The lowest BCUT2D eigenvalue weighted by Gasteiger charge is -2.38. The van der Waals surface area contributed by atoms with Crippen molar-refractivity contribution >= 4 is 17.0 Å². The molecule has 0 saturated carbocycles. The van der Waals surface area contributed by atoms with Crippen molar-refractivity contribution in [1.29, 1.82) is 0 Å². The Balaban J connectivity index is 1.58. The number of hydrogen-bond donors (Lipinski definition) is 1. The van der Waals surface area contributed by atoms with Gasteiger partial charge in [-0.15, -0.1) is 11.3 Å². The quantitative estimate of drug-likeness (QED) is 0.729. The smallest absolute Gasteiger partial charge is 0.205 e. The summed E-state index contributed by atoms with van der Waals surface area (Å²) in [6.07, 6.45) is 2.10. The highest BCUT2D eigenvalue weighted by Gasteiger charge is 2.40. The second-order valence-electron chi connectivity index (χ2n) is 6.30. The monoisotopic (exact) mass is 362 g/mol. The first-order valence-corrected chi connectivity index (χ1v) is 9.42. The molecule has 5 rings (SSSR count). The van der Waals surface area contributed by atoms with E-state index in [4.69, 9.17) is 9.47 Å². The molecule has 2 atom stereocenters. The molecule has 0 bridgehead atoms. The maximum Gasteiger partial charge on any atom is 0.205 e. The normalized spacial score (nSPS) is 21.2. The predicted octanol–water partition coefficient (Wildman–Crippen LogP) is 4.75. The van der Waals surface area contributed by atoms with E-state index >= 15 is 0 Å². The summed E-state index contributed by atoms with van der Waals surface area (Å²) in [4.78, 5) is 1.18. The van der Waals surface area contributed by atoms with E-state index in [0.29, 0.717) is 0 Å². The van der Waals surface area contributed by atoms with Gasteiger partial charge in [0.05, 0.1) is 23.7 Å². The molecular formula is C21H18N2O2S. The van der Waals surface area contributed by atoms with E-state index in [2.05, 4.69) is 52.2 Å². The first-order valence-electron chi connectivity index (χ1n) is 8.54. The minimum absolute atomic E-state index is 0.119. The number of para-hydroxylation sites is 1. The van der Waals surface area contributed by atoms with E-state index in [-0.39, 0.29) is 12.3 Å². The first kappa shape index (κ1) is 15.5. The molecule has 5 heteroatoms. The molecule has 2 aliphatic rings. The molecule has 4 nitrogen and oxygen atoms in total. The van der Waals surface area contributed by atoms with Crippen molar-refractivity contribution in [1.82, 2.24) is 10.4 Å². The Labute approximate surface area is 156 Å². The van der Waals surface area contributed by atoms with Crippen LogP contribution < -0.4 is 14.9 Å². The van der Waals surface area contributed by atoms with Gasteiger partial charge >= 0.3 is 0 Å². The summed E-state index contributed by atoms with van der Waals surface area (Å²) in [6, 6.07) is 20.7. The van der Waals surface area contributed by atoms with Crippen molar-refractivity contribution < 1.29 is 9.47 Å². The summed E-state index contributed by atoms with van der Waals surface area (Å²) in [5, 5.41) is 4.27. The third kappa shape index (κ3) is 2.48. The second-order valence-corrected chi connectivity index (χ2v) is 7.28. The molecule has 0 aliphatic carbocycles. The van der Waals surface area contributed by atoms with Gasteiger partial charge in [-0.2, -0.15) is 5.01 Å². The van der Waals surface area contributed by atoms with Gasteiger partial charge in [0, 0.05) is 11.1 Å². The van der Waals surface area contributed by atoms with Gasteiger partial charge in [0.15, 0.2) is 0 Å². The number of thiophene rings is 1. The van der Waals surface area contributed by atoms with Gasteiger partial charge < -0.3 is 14.9 Å². The number of rotatable bonds is 3. The molecule has 0 fully saturated rings. The molecule has 0 unspecified atom stereocenters. The Bertz CT molecular complexity index is 968. The fourth-order valence-corrected chi connectivity index (χ4v) is 4.27. The highest BCUT2D eigenvalue weighted by atomic mass is 32.1. The average Bonchev–Trinajstić information content (AvgIpc) is 3.37. The van der Waals surface area contributed by atoms with Crippen LogP contribution in [0.25, 0.3) is 5.70 Å². The molecule has 130 valence electrons. The van der Waals surface area contributed by atoms with Crippen LogP contribution in [0.2, 0.25) is 0 Å². The molecule has 26 heavy (non-hydrogen) atoms. The third-order valence-electron chi connectivity index (χ3n) is 4.77. The van der Waals surface area contributed by atoms with Gasteiger partial charge in [-0.3, -0.25) is 0 Å². The van der Waals surface area contributed by atoms with Crippen molar-refractivity contribution in [3.8, 4) is 11.5 Å². The molecule has 0 amide bonds. The largest absolute Gasteiger partial charge is 0.497 e. The fraction of sp³-hybridized carbons (Fsp3) is 0.143. The Morgan fingerprint density at radius 1 is 1.08 bits per heavy atom. The first-order chi connectivity index (χ1) is 12.8. The summed E-state index contributed by atoms with van der Waals surface area (Å²) in [5.74, 6) is 1.79. The SMILES string of the molecule is COc1cccc(C2=C[C@@H]3c4ccccc4O[C@@H](c4cccs4)N3N2)c1. The zero-order chi connectivity index (χ0) is 17.5. The number of nitrogens with one attached hydrogen (secondary N) is 1.